The summed E-state index contributed by atoms with van der Waals surface area (Å²) in [6.45, 7) is 6.75. The average Bonchev–Trinajstić information content (AvgIpc) is 3.03. The number of benzene rings is 1. The van der Waals surface area contributed by atoms with Crippen LogP contribution in [0.25, 0.3) is 5.69 Å². The number of aromatic nitrogens is 3. The molecule has 3 aromatic rings. The molecule has 2 aromatic heterocycles. The number of nitrogens with one attached hydrogen (secondary N) is 1. The fraction of sp³-hybridized carbons (Fsp3) is 0.292. The van der Waals surface area contributed by atoms with Crippen molar-refractivity contribution in [2.45, 2.75) is 47.1 Å². The standard InChI is InChI=1S/C24H23FN6O2/c1-5-18-20(12-27)24(33)30(29-21(18)6-2)13-22(32)28-23-19(11-26)14(3)15(4)31(23)17-9-7-8-16(25)10-17/h7-10H,5-6,13H2,1-4H3,(H,28,32). The van der Waals surface area contributed by atoms with E-state index in [2.05, 4.69) is 16.5 Å². The molecule has 168 valence electrons. The maximum Gasteiger partial charge on any atom is 0.285 e. The SMILES string of the molecule is CCc1nn(CC(=O)Nc2c(C#N)c(C)c(C)n2-c2cccc(F)c2)c(=O)c(C#N)c1CC. The topological polar surface area (TPSA) is 116 Å². The Kier molecular flexibility index (Phi) is 6.74. The molecule has 0 saturated carbocycles. The lowest BCUT2D eigenvalue weighted by Crippen LogP contribution is -2.33. The van der Waals surface area contributed by atoms with Gasteiger partial charge in [0, 0.05) is 5.69 Å². The lowest BCUT2D eigenvalue weighted by Gasteiger charge is -2.15. The van der Waals surface area contributed by atoms with E-state index in [0.29, 0.717) is 41.0 Å². The minimum Gasteiger partial charge on any atom is -0.309 e. The maximum atomic E-state index is 13.9. The molecule has 0 bridgehead atoms. The van der Waals surface area contributed by atoms with E-state index in [-0.39, 0.29) is 16.9 Å². The number of amides is 1. The Morgan fingerprint density at radius 1 is 1.15 bits per heavy atom. The van der Waals surface area contributed by atoms with Gasteiger partial charge >= 0.3 is 0 Å². The average molecular weight is 446 g/mol. The van der Waals surface area contributed by atoms with Gasteiger partial charge in [-0.15, -0.1) is 0 Å². The van der Waals surface area contributed by atoms with E-state index < -0.39 is 23.8 Å². The molecule has 0 unspecified atom stereocenters. The van der Waals surface area contributed by atoms with E-state index in [9.17, 15) is 24.5 Å². The molecule has 0 aliphatic heterocycles. The number of rotatable bonds is 6. The molecular formula is C24H23FN6O2. The van der Waals surface area contributed by atoms with Gasteiger partial charge in [0.2, 0.25) is 5.91 Å². The smallest absolute Gasteiger partial charge is 0.285 e. The van der Waals surface area contributed by atoms with E-state index in [1.54, 1.807) is 24.5 Å². The summed E-state index contributed by atoms with van der Waals surface area (Å²) in [7, 11) is 0. The Morgan fingerprint density at radius 2 is 1.85 bits per heavy atom. The van der Waals surface area contributed by atoms with E-state index in [4.69, 9.17) is 0 Å². The van der Waals surface area contributed by atoms with Gasteiger partial charge < -0.3 is 5.32 Å². The third-order valence-electron chi connectivity index (χ3n) is 5.58. The Morgan fingerprint density at radius 3 is 2.42 bits per heavy atom. The normalized spacial score (nSPS) is 10.5. The number of nitrogens with zero attached hydrogens (tertiary/aromatic N) is 5. The van der Waals surface area contributed by atoms with Crippen LogP contribution >= 0.6 is 0 Å². The number of carbonyl (C=O) groups is 1. The molecule has 0 radical (unpaired) electrons. The molecule has 1 aromatic carbocycles. The first kappa shape index (κ1) is 23.4. The van der Waals surface area contributed by atoms with Crippen molar-refractivity contribution in [3.8, 4) is 17.8 Å². The van der Waals surface area contributed by atoms with Crippen LogP contribution in [-0.4, -0.2) is 20.3 Å². The van der Waals surface area contributed by atoms with E-state index in [1.165, 1.54) is 18.2 Å². The van der Waals surface area contributed by atoms with Crippen molar-refractivity contribution in [1.29, 1.82) is 10.5 Å². The van der Waals surface area contributed by atoms with Gasteiger partial charge in [-0.05, 0) is 56.0 Å². The predicted octanol–water partition coefficient (Wildman–Crippen LogP) is 3.30. The van der Waals surface area contributed by atoms with Gasteiger partial charge in [-0.3, -0.25) is 14.2 Å². The Hall–Kier alpha value is -4.24. The number of nitriles is 2. The van der Waals surface area contributed by atoms with Gasteiger partial charge in [0.05, 0.1) is 16.9 Å². The molecular weight excluding hydrogens is 423 g/mol. The van der Waals surface area contributed by atoms with Gasteiger partial charge in [-0.1, -0.05) is 19.9 Å². The first-order valence-corrected chi connectivity index (χ1v) is 10.5. The summed E-state index contributed by atoms with van der Waals surface area (Å²) in [4.78, 5) is 25.7. The zero-order chi connectivity index (χ0) is 24.3. The van der Waals surface area contributed by atoms with Gasteiger partial charge in [0.15, 0.2) is 0 Å². The second kappa shape index (κ2) is 9.49. The highest BCUT2D eigenvalue weighted by atomic mass is 19.1. The second-order valence-corrected chi connectivity index (χ2v) is 7.49. The van der Waals surface area contributed by atoms with Crippen molar-refractivity contribution in [3.63, 3.8) is 0 Å². The van der Waals surface area contributed by atoms with Gasteiger partial charge in [0.1, 0.15) is 35.9 Å². The van der Waals surface area contributed by atoms with E-state index in [1.807, 2.05) is 19.9 Å². The van der Waals surface area contributed by atoms with E-state index >= 15 is 0 Å². The summed E-state index contributed by atoms with van der Waals surface area (Å²) in [5.41, 5.74) is 2.47. The molecule has 0 aliphatic rings. The molecule has 8 nitrogen and oxygen atoms in total. The highest BCUT2D eigenvalue weighted by molar-refractivity contribution is 5.92. The minimum absolute atomic E-state index is 0.0234. The van der Waals surface area contributed by atoms with Crippen LogP contribution in [0.3, 0.4) is 0 Å². The largest absolute Gasteiger partial charge is 0.309 e. The van der Waals surface area contributed by atoms with Crippen LogP contribution in [0.5, 0.6) is 0 Å². The lowest BCUT2D eigenvalue weighted by molar-refractivity contribution is -0.117. The van der Waals surface area contributed by atoms with E-state index in [0.717, 1.165) is 4.68 Å². The zero-order valence-corrected chi connectivity index (χ0v) is 18.9. The lowest BCUT2D eigenvalue weighted by atomic mass is 10.0. The van der Waals surface area contributed by atoms with Crippen molar-refractivity contribution in [2.24, 2.45) is 0 Å². The Bertz CT molecular complexity index is 1390. The fourth-order valence-corrected chi connectivity index (χ4v) is 3.85. The number of aryl methyl sites for hydroxylation is 1. The molecule has 0 fully saturated rings. The number of halogens is 1. The molecule has 0 spiro atoms. The summed E-state index contributed by atoms with van der Waals surface area (Å²) < 4.78 is 16.4. The molecule has 1 N–H and O–H groups in total. The van der Waals surface area contributed by atoms with Crippen LogP contribution in [0.1, 0.15) is 47.5 Å². The molecule has 33 heavy (non-hydrogen) atoms. The number of hydrogen-bond acceptors (Lipinski definition) is 5. The molecule has 0 saturated heterocycles. The maximum absolute atomic E-state index is 13.9. The van der Waals surface area contributed by atoms with Crippen LogP contribution in [0.15, 0.2) is 29.1 Å². The fourth-order valence-electron chi connectivity index (χ4n) is 3.85. The summed E-state index contributed by atoms with van der Waals surface area (Å²) in [5.74, 6) is -0.888. The predicted molar refractivity (Wildman–Crippen MR) is 121 cm³/mol. The number of carbonyl (C=O) groups excluding carboxylic acids is 1. The van der Waals surface area contributed by atoms with Crippen molar-refractivity contribution in [2.75, 3.05) is 5.32 Å². The quantitative estimate of drug-likeness (QED) is 0.624. The zero-order valence-electron chi connectivity index (χ0n) is 18.9. The first-order chi connectivity index (χ1) is 15.8. The molecule has 0 atom stereocenters. The van der Waals surface area contributed by atoms with Gasteiger partial charge in [0.25, 0.3) is 5.56 Å². The molecule has 1 amide bonds. The number of anilines is 1. The third-order valence-corrected chi connectivity index (χ3v) is 5.58. The molecule has 3 rings (SSSR count). The highest BCUT2D eigenvalue weighted by Crippen LogP contribution is 2.30. The van der Waals surface area contributed by atoms with Crippen LogP contribution in [0.4, 0.5) is 10.2 Å². The summed E-state index contributed by atoms with van der Waals surface area (Å²) in [6, 6.07) is 9.81. The van der Waals surface area contributed by atoms with Crippen molar-refractivity contribution >= 4 is 11.7 Å². The van der Waals surface area contributed by atoms with Gasteiger partial charge in [-0.25, -0.2) is 9.07 Å². The summed E-state index contributed by atoms with van der Waals surface area (Å²) in [6.07, 6.45) is 0.978. The molecule has 0 aliphatic carbocycles. The number of hydrogen-bond donors (Lipinski definition) is 1. The van der Waals surface area contributed by atoms with Crippen LogP contribution in [0.2, 0.25) is 0 Å². The molecule has 2 heterocycles. The Balaban J connectivity index is 2.05. The monoisotopic (exact) mass is 446 g/mol. The van der Waals surface area contributed by atoms with Crippen LogP contribution < -0.4 is 10.9 Å². The van der Waals surface area contributed by atoms with Crippen LogP contribution in [-0.2, 0) is 24.2 Å². The Labute approximate surface area is 190 Å². The summed E-state index contributed by atoms with van der Waals surface area (Å²) in [5, 5.41) is 26.1. The third kappa shape index (κ3) is 4.26. The summed E-state index contributed by atoms with van der Waals surface area (Å²) >= 11 is 0. The van der Waals surface area contributed by atoms with Gasteiger partial charge in [-0.2, -0.15) is 15.6 Å². The highest BCUT2D eigenvalue weighted by Gasteiger charge is 2.22. The second-order valence-electron chi connectivity index (χ2n) is 7.49. The van der Waals surface area contributed by atoms with Crippen molar-refractivity contribution in [3.05, 3.63) is 74.1 Å². The first-order valence-electron chi connectivity index (χ1n) is 10.5. The molecule has 9 heteroatoms. The van der Waals surface area contributed by atoms with Crippen LogP contribution in [0, 0.1) is 42.3 Å². The van der Waals surface area contributed by atoms with Crippen molar-refractivity contribution < 1.29 is 9.18 Å². The minimum atomic E-state index is -0.643. The van der Waals surface area contributed by atoms with Crippen molar-refractivity contribution in [1.82, 2.24) is 14.3 Å².